The van der Waals surface area contributed by atoms with E-state index in [9.17, 15) is 0 Å². The lowest BCUT2D eigenvalue weighted by Crippen LogP contribution is -2.15. The van der Waals surface area contributed by atoms with Gasteiger partial charge in [-0.1, -0.05) is 299 Å². The number of aromatic nitrogens is 4. The van der Waals surface area contributed by atoms with Crippen molar-refractivity contribution in [2.24, 2.45) is 0 Å². The minimum atomic E-state index is -0.0566. The third kappa shape index (κ3) is 10.6. The summed E-state index contributed by atoms with van der Waals surface area (Å²) in [7, 11) is 0. The predicted molar refractivity (Wildman–Crippen MR) is 460 cm³/mol. The molecule has 0 bridgehead atoms. The molecule has 0 unspecified atom stereocenters. The number of benzene rings is 17. The number of hydrogen-bond donors (Lipinski definition) is 0. The van der Waals surface area contributed by atoms with Gasteiger partial charge in [-0.2, -0.15) is 0 Å². The van der Waals surface area contributed by atoms with Crippen molar-refractivity contribution in [2.75, 3.05) is 0 Å². The molecule has 0 saturated carbocycles. The Kier molecular flexibility index (Phi) is 14.9. The first kappa shape index (κ1) is 63.4. The molecule has 0 aliphatic heterocycles. The maximum absolute atomic E-state index is 2.45. The quantitative estimate of drug-likeness (QED) is 0.130. The summed E-state index contributed by atoms with van der Waals surface area (Å²) in [6.07, 6.45) is 0. The van der Waals surface area contributed by atoms with Crippen LogP contribution < -0.4 is 0 Å². The van der Waals surface area contributed by atoms with Crippen LogP contribution in [0.5, 0.6) is 0 Å². The van der Waals surface area contributed by atoms with Crippen LogP contribution in [0.15, 0.2) is 400 Å². The molecular formula is C105H72N4. The molecule has 1 aliphatic rings. The van der Waals surface area contributed by atoms with Crippen LogP contribution in [-0.4, -0.2) is 18.3 Å². The minimum Gasteiger partial charge on any atom is -0.309 e. The lowest BCUT2D eigenvalue weighted by molar-refractivity contribution is 0.660. The molecule has 4 aromatic heterocycles. The smallest absolute Gasteiger partial charge is 0.0547 e. The van der Waals surface area contributed by atoms with E-state index in [1.165, 1.54) is 182 Å². The molecule has 17 aromatic carbocycles. The van der Waals surface area contributed by atoms with Crippen molar-refractivity contribution in [1.82, 2.24) is 18.3 Å². The summed E-state index contributed by atoms with van der Waals surface area (Å²) in [5, 5.41) is 10.0. The van der Waals surface area contributed by atoms with Gasteiger partial charge in [0, 0.05) is 71.3 Å². The lowest BCUT2D eigenvalue weighted by atomic mass is 9.82. The highest BCUT2D eigenvalue weighted by Gasteiger charge is 2.36. The molecule has 0 N–H and O–H groups in total. The van der Waals surface area contributed by atoms with E-state index in [2.05, 4.69) is 432 Å². The zero-order valence-corrected chi connectivity index (χ0v) is 60.4. The Labute approximate surface area is 632 Å². The van der Waals surface area contributed by atoms with Crippen LogP contribution in [0.3, 0.4) is 0 Å². The van der Waals surface area contributed by atoms with E-state index in [4.69, 9.17) is 0 Å². The largest absolute Gasteiger partial charge is 0.309 e. The topological polar surface area (TPSA) is 19.7 Å². The van der Waals surface area contributed by atoms with Gasteiger partial charge in [-0.3, -0.25) is 0 Å². The van der Waals surface area contributed by atoms with E-state index < -0.39 is 0 Å². The van der Waals surface area contributed by atoms with E-state index in [1.807, 2.05) is 0 Å². The average molecular weight is 1390 g/mol. The molecule has 22 rings (SSSR count). The normalized spacial score (nSPS) is 12.4. The second kappa shape index (κ2) is 25.6. The molecule has 109 heavy (non-hydrogen) atoms. The van der Waals surface area contributed by atoms with Crippen molar-refractivity contribution in [3.05, 3.63) is 412 Å². The van der Waals surface area contributed by atoms with Gasteiger partial charge in [0.05, 0.1) is 44.1 Å². The van der Waals surface area contributed by atoms with Crippen molar-refractivity contribution < 1.29 is 0 Å². The third-order valence-corrected chi connectivity index (χ3v) is 23.0. The molecule has 0 saturated heterocycles. The molecule has 512 valence electrons. The molecule has 1 aliphatic carbocycles. The van der Waals surface area contributed by atoms with Crippen LogP contribution >= 0.6 is 0 Å². The van der Waals surface area contributed by atoms with Gasteiger partial charge in [-0.25, -0.2) is 0 Å². The minimum absolute atomic E-state index is 0.0566. The van der Waals surface area contributed by atoms with Crippen molar-refractivity contribution in [2.45, 2.75) is 19.3 Å². The van der Waals surface area contributed by atoms with Gasteiger partial charge in [-0.15, -0.1) is 0 Å². The van der Waals surface area contributed by atoms with Crippen LogP contribution in [0.1, 0.15) is 25.0 Å². The highest BCUT2D eigenvalue weighted by molar-refractivity contribution is 6.15. The number of nitrogens with zero attached hydrogens (tertiary/aromatic N) is 4. The van der Waals surface area contributed by atoms with Crippen LogP contribution in [0.25, 0.3) is 188 Å². The summed E-state index contributed by atoms with van der Waals surface area (Å²) in [6, 6.07) is 147. The second-order valence-corrected chi connectivity index (χ2v) is 29.6. The van der Waals surface area contributed by atoms with Gasteiger partial charge in [0.15, 0.2) is 0 Å². The molecule has 0 spiro atoms. The lowest BCUT2D eigenvalue weighted by Gasteiger charge is -2.22. The van der Waals surface area contributed by atoms with Crippen LogP contribution in [0.4, 0.5) is 0 Å². The molecular weight excluding hydrogens is 1320 g/mol. The predicted octanol–water partition coefficient (Wildman–Crippen LogP) is 28.1. The second-order valence-electron chi connectivity index (χ2n) is 29.6. The van der Waals surface area contributed by atoms with E-state index in [0.717, 1.165) is 17.1 Å². The maximum atomic E-state index is 2.45. The van der Waals surface area contributed by atoms with Crippen LogP contribution in [0, 0.1) is 0 Å². The highest BCUT2D eigenvalue weighted by Crippen LogP contribution is 2.50. The number of para-hydroxylation sites is 4. The van der Waals surface area contributed by atoms with Gasteiger partial charge in [-0.05, 0) is 204 Å². The summed E-state index contributed by atoms with van der Waals surface area (Å²) in [5.74, 6) is 0. The summed E-state index contributed by atoms with van der Waals surface area (Å²) < 4.78 is 9.72. The first-order chi connectivity index (χ1) is 53.8. The zero-order chi connectivity index (χ0) is 72.3. The molecule has 4 heteroatoms. The van der Waals surface area contributed by atoms with Crippen LogP contribution in [0.2, 0.25) is 0 Å². The molecule has 0 atom stereocenters. The van der Waals surface area contributed by atoms with Crippen LogP contribution in [-0.2, 0) is 5.41 Å². The fourth-order valence-corrected chi connectivity index (χ4v) is 17.8. The third-order valence-electron chi connectivity index (χ3n) is 23.0. The summed E-state index contributed by atoms with van der Waals surface area (Å²) >= 11 is 0. The Morgan fingerprint density at radius 3 is 0.890 bits per heavy atom. The van der Waals surface area contributed by atoms with Gasteiger partial charge in [0.2, 0.25) is 0 Å². The molecule has 4 nitrogen and oxygen atoms in total. The van der Waals surface area contributed by atoms with Gasteiger partial charge < -0.3 is 18.3 Å². The first-order valence-corrected chi connectivity index (χ1v) is 37.8. The van der Waals surface area contributed by atoms with Crippen molar-refractivity contribution in [1.29, 1.82) is 0 Å². The Bertz CT molecular complexity index is 7080. The van der Waals surface area contributed by atoms with E-state index in [1.54, 1.807) is 0 Å². The summed E-state index contributed by atoms with van der Waals surface area (Å²) in [5.41, 5.74) is 34.2. The maximum Gasteiger partial charge on any atom is 0.0547 e. The molecule has 0 radical (unpaired) electrons. The monoisotopic (exact) mass is 1390 g/mol. The van der Waals surface area contributed by atoms with Crippen molar-refractivity contribution >= 4 is 87.2 Å². The molecule has 0 fully saturated rings. The van der Waals surface area contributed by atoms with Crippen molar-refractivity contribution in [3.8, 4) is 101 Å². The van der Waals surface area contributed by atoms with E-state index >= 15 is 0 Å². The van der Waals surface area contributed by atoms with Crippen molar-refractivity contribution in [3.63, 3.8) is 0 Å². The van der Waals surface area contributed by atoms with Gasteiger partial charge in [0.1, 0.15) is 0 Å². The Hall–Kier alpha value is -14.1. The summed E-state index contributed by atoms with van der Waals surface area (Å²) in [6.45, 7) is 4.71. The SMILES string of the molecule is CC1(C)c2ccccc2-c2ccc(-n3c4ccccc4c4cc(-c5ccc6c7ccccc7n(-c7ccc(-c8ccccc8)cc7)c6c5)ccc43)cc21.c1ccc(-c2ccc(-n3c4ccccc4c4ccc(-c5ccc6c(c5)c5ccccc5n6-c5cc(-c6ccccc6)cc(-c6ccccc6)c5)cc43)cc2)cc1. The van der Waals surface area contributed by atoms with Gasteiger partial charge in [0.25, 0.3) is 0 Å². The Morgan fingerprint density at radius 1 is 0.156 bits per heavy atom. The number of fused-ring (bicyclic) bond motifs is 15. The van der Waals surface area contributed by atoms with E-state index in [0.29, 0.717) is 0 Å². The highest BCUT2D eigenvalue weighted by atomic mass is 15.0. The fraction of sp³-hybridized carbons (Fsp3) is 0.0286. The summed E-state index contributed by atoms with van der Waals surface area (Å²) in [4.78, 5) is 0. The van der Waals surface area contributed by atoms with Gasteiger partial charge >= 0.3 is 0 Å². The number of hydrogen-bond acceptors (Lipinski definition) is 0. The molecule has 0 amide bonds. The molecule has 4 heterocycles. The first-order valence-electron chi connectivity index (χ1n) is 37.8. The molecule has 21 aromatic rings. The fourth-order valence-electron chi connectivity index (χ4n) is 17.8. The zero-order valence-electron chi connectivity index (χ0n) is 60.4. The van der Waals surface area contributed by atoms with E-state index in [-0.39, 0.29) is 5.41 Å². The Balaban J connectivity index is 0.000000139. The standard InChI is InChI=1S/C54H36N2.C51H36N2/c1-4-14-37(15-5-1)40-24-28-45(29-25-40)55-51-22-12-10-20-47(51)49-30-26-42(36-54(49)55)41-27-31-53-50(35-41)48-21-11-13-23-52(48)56(53)46-33-43(38-16-6-2-7-17-38)32-44(34-46)39-18-8-3-9-19-39;1-51(2)45-17-9-6-14-39(45)40-28-26-38(32-46(40)51)53-48-19-11-8-16-42(48)44-30-35(23-29-49(44)53)36-22-27-43-41-15-7-10-18-47(41)52(50(43)31-36)37-24-20-34(21-25-37)33-12-4-3-5-13-33/h1-36H;3-32H,1-2H3. The Morgan fingerprint density at radius 2 is 0.450 bits per heavy atom. The number of rotatable bonds is 10. The average Bonchev–Trinajstić information content (AvgIpc) is 1.59.